The van der Waals surface area contributed by atoms with E-state index in [1.165, 1.54) is 0 Å². The molecule has 0 unspecified atom stereocenters. The van der Waals surface area contributed by atoms with Crippen LogP contribution in [0.4, 0.5) is 8.78 Å². The maximum absolute atomic E-state index is 12.9. The summed E-state index contributed by atoms with van der Waals surface area (Å²) in [4.78, 5) is 11.9. The van der Waals surface area contributed by atoms with Gasteiger partial charge in [0.2, 0.25) is 0 Å². The Hall–Kier alpha value is -0.760. The van der Waals surface area contributed by atoms with Gasteiger partial charge < -0.3 is 4.90 Å². The van der Waals surface area contributed by atoms with E-state index in [-0.39, 0.29) is 13.1 Å². The van der Waals surface area contributed by atoms with Gasteiger partial charge in [0.05, 0.1) is 0 Å². The number of amides is 1. The Kier molecular flexibility index (Phi) is 3.29. The number of carbonyl (C=O) groups is 1. The molecule has 5 nitrogen and oxygen atoms in total. The molecule has 1 N–H and O–H groups in total. The Bertz CT molecular complexity index is 348. The molecule has 88 valence electrons. The first kappa shape index (κ1) is 12.3. The fraction of sp³-hybridized carbons (Fsp3) is 0.857. The van der Waals surface area contributed by atoms with Crippen molar-refractivity contribution >= 4 is 16.0 Å². The average Bonchev–Trinajstić information content (AvgIpc) is 2.16. The van der Waals surface area contributed by atoms with Gasteiger partial charge in [-0.3, -0.25) is 9.35 Å². The molecule has 0 aromatic rings. The number of piperidine rings is 1. The Morgan fingerprint density at radius 3 is 2.07 bits per heavy atom. The van der Waals surface area contributed by atoms with Crippen molar-refractivity contribution in [2.75, 3.05) is 13.1 Å². The molecular weight excluding hydrogens is 232 g/mol. The lowest BCUT2D eigenvalue weighted by Gasteiger charge is -2.28. The first-order valence-electron chi connectivity index (χ1n) is 4.41. The maximum Gasteiger partial charge on any atom is 0.446 e. The molecule has 1 amide bonds. The highest BCUT2D eigenvalue weighted by Crippen LogP contribution is 2.25. The Labute approximate surface area is 85.8 Å². The minimum absolute atomic E-state index is 0.101. The van der Waals surface area contributed by atoms with Crippen molar-refractivity contribution in [3.8, 4) is 0 Å². The summed E-state index contributed by atoms with van der Waals surface area (Å²) in [7, 11) is -5.68. The summed E-state index contributed by atoms with van der Waals surface area (Å²) in [6.45, 7) is 0.202. The summed E-state index contributed by atoms with van der Waals surface area (Å²) in [5, 5.41) is -4.73. The van der Waals surface area contributed by atoms with Gasteiger partial charge in [0.15, 0.2) is 0 Å². The molecule has 0 spiro atoms. The van der Waals surface area contributed by atoms with Crippen LogP contribution in [0, 0.1) is 0 Å². The van der Waals surface area contributed by atoms with Gasteiger partial charge in [-0.05, 0) is 19.3 Å². The fourth-order valence-electron chi connectivity index (χ4n) is 1.39. The van der Waals surface area contributed by atoms with Crippen LogP contribution in [0.5, 0.6) is 0 Å². The Morgan fingerprint density at radius 1 is 1.20 bits per heavy atom. The smallest absolute Gasteiger partial charge is 0.336 e. The predicted molar refractivity (Wildman–Crippen MR) is 46.9 cm³/mol. The molecule has 0 aliphatic carbocycles. The summed E-state index contributed by atoms with van der Waals surface area (Å²) in [6.07, 6.45) is 1.95. The summed E-state index contributed by atoms with van der Waals surface area (Å²) < 4.78 is 54.6. The van der Waals surface area contributed by atoms with Crippen molar-refractivity contribution in [3.05, 3.63) is 0 Å². The topological polar surface area (TPSA) is 74.7 Å². The van der Waals surface area contributed by atoms with Gasteiger partial charge in [0, 0.05) is 13.1 Å². The normalized spacial score (nSPS) is 19.0. The van der Waals surface area contributed by atoms with Crippen LogP contribution in [0.3, 0.4) is 0 Å². The molecule has 8 heteroatoms. The number of halogens is 2. The van der Waals surface area contributed by atoms with Crippen molar-refractivity contribution in [2.24, 2.45) is 0 Å². The molecule has 0 bridgehead atoms. The van der Waals surface area contributed by atoms with E-state index >= 15 is 0 Å². The van der Waals surface area contributed by atoms with Crippen LogP contribution < -0.4 is 0 Å². The fourth-order valence-corrected chi connectivity index (χ4v) is 1.74. The number of carbonyl (C=O) groups excluding carboxylic acids is 1. The highest BCUT2D eigenvalue weighted by atomic mass is 32.2. The van der Waals surface area contributed by atoms with Crippen molar-refractivity contribution in [1.82, 2.24) is 4.90 Å². The van der Waals surface area contributed by atoms with Gasteiger partial charge >= 0.3 is 21.3 Å². The molecular formula is C7H11F2NO4S. The van der Waals surface area contributed by atoms with Crippen LogP contribution in [-0.4, -0.2) is 42.1 Å². The van der Waals surface area contributed by atoms with Crippen LogP contribution in [0.25, 0.3) is 0 Å². The number of rotatable bonds is 2. The van der Waals surface area contributed by atoms with Crippen LogP contribution in [0.15, 0.2) is 0 Å². The van der Waals surface area contributed by atoms with Crippen LogP contribution in [0.1, 0.15) is 19.3 Å². The molecule has 1 fully saturated rings. The molecule has 1 rings (SSSR count). The predicted octanol–water partition coefficient (Wildman–Crippen LogP) is 0.480. The molecule has 1 aliphatic rings. The Morgan fingerprint density at radius 2 is 1.67 bits per heavy atom. The molecule has 1 heterocycles. The first-order valence-corrected chi connectivity index (χ1v) is 5.85. The zero-order chi connectivity index (χ0) is 11.7. The Balaban J connectivity index is 2.83. The summed E-state index contributed by atoms with van der Waals surface area (Å²) in [5.74, 6) is -1.84. The van der Waals surface area contributed by atoms with Crippen molar-refractivity contribution in [1.29, 1.82) is 0 Å². The molecule has 1 saturated heterocycles. The SMILES string of the molecule is O=C(N1CCCCC1)C(F)(F)S(=O)(=O)O. The lowest BCUT2D eigenvalue weighted by molar-refractivity contribution is -0.148. The molecule has 0 radical (unpaired) electrons. The third-order valence-electron chi connectivity index (χ3n) is 2.22. The van der Waals surface area contributed by atoms with Crippen molar-refractivity contribution in [3.63, 3.8) is 0 Å². The van der Waals surface area contributed by atoms with E-state index in [1.807, 2.05) is 0 Å². The van der Waals surface area contributed by atoms with E-state index in [0.29, 0.717) is 12.8 Å². The third kappa shape index (κ3) is 2.43. The minimum Gasteiger partial charge on any atom is -0.336 e. The van der Waals surface area contributed by atoms with Gasteiger partial charge in [-0.1, -0.05) is 0 Å². The second-order valence-electron chi connectivity index (χ2n) is 3.34. The number of hydrogen-bond acceptors (Lipinski definition) is 3. The van der Waals surface area contributed by atoms with E-state index < -0.39 is 21.3 Å². The minimum atomic E-state index is -5.68. The van der Waals surface area contributed by atoms with Crippen LogP contribution in [0.2, 0.25) is 0 Å². The number of nitrogens with zero attached hydrogens (tertiary/aromatic N) is 1. The monoisotopic (exact) mass is 243 g/mol. The van der Waals surface area contributed by atoms with E-state index in [1.54, 1.807) is 0 Å². The molecule has 0 aromatic heterocycles. The maximum atomic E-state index is 12.9. The van der Waals surface area contributed by atoms with E-state index in [0.717, 1.165) is 11.3 Å². The summed E-state index contributed by atoms with van der Waals surface area (Å²) in [5.41, 5.74) is 0. The summed E-state index contributed by atoms with van der Waals surface area (Å²) in [6, 6.07) is 0. The number of hydrogen-bond donors (Lipinski definition) is 1. The van der Waals surface area contributed by atoms with Gasteiger partial charge in [0.1, 0.15) is 0 Å². The number of likely N-dealkylation sites (tertiary alicyclic amines) is 1. The quantitative estimate of drug-likeness (QED) is 0.716. The number of alkyl halides is 2. The zero-order valence-electron chi connectivity index (χ0n) is 7.82. The van der Waals surface area contributed by atoms with Gasteiger partial charge in [-0.2, -0.15) is 17.2 Å². The second kappa shape index (κ2) is 4.01. The van der Waals surface area contributed by atoms with Crippen molar-refractivity contribution < 1.29 is 26.5 Å². The molecule has 15 heavy (non-hydrogen) atoms. The average molecular weight is 243 g/mol. The molecule has 1 aliphatic heterocycles. The van der Waals surface area contributed by atoms with Gasteiger partial charge in [-0.25, -0.2) is 0 Å². The third-order valence-corrected chi connectivity index (χ3v) is 3.04. The van der Waals surface area contributed by atoms with E-state index in [9.17, 15) is 22.0 Å². The summed E-state index contributed by atoms with van der Waals surface area (Å²) >= 11 is 0. The zero-order valence-corrected chi connectivity index (χ0v) is 8.64. The van der Waals surface area contributed by atoms with E-state index in [2.05, 4.69) is 0 Å². The first-order chi connectivity index (χ1) is 6.77. The van der Waals surface area contributed by atoms with Crippen LogP contribution >= 0.6 is 0 Å². The van der Waals surface area contributed by atoms with Crippen LogP contribution in [-0.2, 0) is 14.9 Å². The highest BCUT2D eigenvalue weighted by molar-refractivity contribution is 7.87. The lowest BCUT2D eigenvalue weighted by atomic mass is 10.1. The van der Waals surface area contributed by atoms with Crippen molar-refractivity contribution in [2.45, 2.75) is 24.5 Å². The van der Waals surface area contributed by atoms with Gasteiger partial charge in [0.25, 0.3) is 0 Å². The largest absolute Gasteiger partial charge is 0.446 e. The second-order valence-corrected chi connectivity index (χ2v) is 4.81. The lowest BCUT2D eigenvalue weighted by Crippen LogP contribution is -2.49. The highest BCUT2D eigenvalue weighted by Gasteiger charge is 2.54. The van der Waals surface area contributed by atoms with E-state index in [4.69, 9.17) is 4.55 Å². The van der Waals surface area contributed by atoms with Gasteiger partial charge in [-0.15, -0.1) is 0 Å². The molecule has 0 saturated carbocycles. The molecule has 0 aromatic carbocycles. The molecule has 0 atom stereocenters. The standard InChI is InChI=1S/C7H11F2NO4S/c8-7(9,15(12,13)14)6(11)10-4-2-1-3-5-10/h1-5H2,(H,12,13,14).